The smallest absolute Gasteiger partial charge is 0.167 e. The summed E-state index contributed by atoms with van der Waals surface area (Å²) in [6, 6.07) is 13.9. The Balaban J connectivity index is 2.02. The van der Waals surface area contributed by atoms with Gasteiger partial charge in [0.05, 0.1) is 11.7 Å². The number of benzene rings is 2. The van der Waals surface area contributed by atoms with E-state index in [1.165, 1.54) is 6.07 Å². The van der Waals surface area contributed by atoms with Gasteiger partial charge in [-0.15, -0.1) is 0 Å². The molecule has 0 amide bonds. The number of halogens is 1. The highest BCUT2D eigenvalue weighted by molar-refractivity contribution is 5.79. The van der Waals surface area contributed by atoms with Crippen molar-refractivity contribution < 1.29 is 9.13 Å². The van der Waals surface area contributed by atoms with E-state index in [9.17, 15) is 4.39 Å². The Kier molecular flexibility index (Phi) is 3.54. The second-order valence-electron chi connectivity index (χ2n) is 4.91. The molecule has 4 heteroatoms. The maximum atomic E-state index is 14.0. The molecular weight excluding hydrogens is 267 g/mol. The van der Waals surface area contributed by atoms with Crippen molar-refractivity contribution in [1.29, 1.82) is 0 Å². The quantitative estimate of drug-likeness (QED) is 0.783. The minimum absolute atomic E-state index is 0.157. The lowest BCUT2D eigenvalue weighted by molar-refractivity contribution is 0.432. The van der Waals surface area contributed by atoms with Gasteiger partial charge in [0.1, 0.15) is 5.75 Å². The fourth-order valence-corrected chi connectivity index (χ4v) is 2.22. The summed E-state index contributed by atoms with van der Waals surface area (Å²) in [5.41, 5.74) is 7.36. The maximum absolute atomic E-state index is 14.0. The lowest BCUT2D eigenvalue weighted by Gasteiger charge is -2.14. The van der Waals surface area contributed by atoms with E-state index in [4.69, 9.17) is 10.5 Å². The van der Waals surface area contributed by atoms with E-state index in [1.54, 1.807) is 25.3 Å². The number of hydrogen-bond donors (Lipinski definition) is 1. The Bertz CT molecular complexity index is 787. The van der Waals surface area contributed by atoms with Crippen LogP contribution in [0.1, 0.15) is 18.5 Å². The van der Waals surface area contributed by atoms with Crippen LogP contribution in [-0.4, -0.2) is 4.98 Å². The molecule has 1 heterocycles. The Morgan fingerprint density at radius 1 is 1.14 bits per heavy atom. The molecule has 1 aromatic heterocycles. The van der Waals surface area contributed by atoms with Gasteiger partial charge in [0.15, 0.2) is 11.6 Å². The third-order valence-electron chi connectivity index (χ3n) is 3.27. The normalized spacial score (nSPS) is 12.3. The van der Waals surface area contributed by atoms with E-state index in [0.29, 0.717) is 11.3 Å². The van der Waals surface area contributed by atoms with E-state index in [-0.39, 0.29) is 11.8 Å². The van der Waals surface area contributed by atoms with Crippen molar-refractivity contribution in [2.24, 2.45) is 5.73 Å². The first-order valence-corrected chi connectivity index (χ1v) is 6.72. The van der Waals surface area contributed by atoms with Gasteiger partial charge in [-0.05, 0) is 25.1 Å². The number of ether oxygens (including phenoxy) is 1. The van der Waals surface area contributed by atoms with Crippen molar-refractivity contribution in [2.75, 3.05) is 0 Å². The van der Waals surface area contributed by atoms with Gasteiger partial charge in [0.25, 0.3) is 0 Å². The standard InChI is InChI=1S/C17H15FN2O/c1-11(19)14-6-4-7-15(18)17(14)21-13-9-12-5-2-3-8-16(12)20-10-13/h2-11H,19H2,1H3. The van der Waals surface area contributed by atoms with Crippen LogP contribution in [0.25, 0.3) is 10.9 Å². The van der Waals surface area contributed by atoms with Crippen molar-refractivity contribution in [1.82, 2.24) is 4.98 Å². The van der Waals surface area contributed by atoms with Crippen LogP contribution in [-0.2, 0) is 0 Å². The van der Waals surface area contributed by atoms with Crippen LogP contribution in [0.3, 0.4) is 0 Å². The second kappa shape index (κ2) is 5.50. The van der Waals surface area contributed by atoms with Gasteiger partial charge in [0, 0.05) is 17.0 Å². The van der Waals surface area contributed by atoms with Crippen LogP contribution in [0, 0.1) is 5.82 Å². The molecule has 0 saturated heterocycles. The van der Waals surface area contributed by atoms with Crippen LogP contribution in [0.4, 0.5) is 4.39 Å². The molecule has 2 N–H and O–H groups in total. The van der Waals surface area contributed by atoms with Crippen LogP contribution in [0.2, 0.25) is 0 Å². The number of rotatable bonds is 3. The first-order chi connectivity index (χ1) is 10.1. The molecule has 106 valence electrons. The summed E-state index contributed by atoms with van der Waals surface area (Å²) in [6.07, 6.45) is 1.58. The zero-order valence-electron chi connectivity index (χ0n) is 11.6. The molecule has 3 rings (SSSR count). The van der Waals surface area contributed by atoms with E-state index in [0.717, 1.165) is 10.9 Å². The van der Waals surface area contributed by atoms with Crippen LogP contribution >= 0.6 is 0 Å². The average molecular weight is 282 g/mol. The van der Waals surface area contributed by atoms with Crippen molar-refractivity contribution in [2.45, 2.75) is 13.0 Å². The molecule has 0 aliphatic heterocycles. The number of pyridine rings is 1. The lowest BCUT2D eigenvalue weighted by Crippen LogP contribution is -2.07. The molecule has 21 heavy (non-hydrogen) atoms. The predicted octanol–water partition coefficient (Wildman–Crippen LogP) is 4.19. The summed E-state index contributed by atoms with van der Waals surface area (Å²) >= 11 is 0. The van der Waals surface area contributed by atoms with Crippen LogP contribution in [0.5, 0.6) is 11.5 Å². The highest BCUT2D eigenvalue weighted by atomic mass is 19.1. The molecule has 0 fully saturated rings. The Labute approximate surface area is 122 Å². The zero-order valence-corrected chi connectivity index (χ0v) is 11.6. The van der Waals surface area contributed by atoms with Gasteiger partial charge in [0.2, 0.25) is 0 Å². The molecule has 0 aliphatic rings. The number of nitrogens with two attached hydrogens (primary N) is 1. The van der Waals surface area contributed by atoms with E-state index in [1.807, 2.05) is 30.3 Å². The summed E-state index contributed by atoms with van der Waals surface area (Å²) in [4.78, 5) is 4.30. The van der Waals surface area contributed by atoms with Crippen molar-refractivity contribution in [3.63, 3.8) is 0 Å². The first kappa shape index (κ1) is 13.5. The minimum Gasteiger partial charge on any atom is -0.452 e. The lowest BCUT2D eigenvalue weighted by atomic mass is 10.1. The molecule has 0 radical (unpaired) electrons. The van der Waals surface area contributed by atoms with Crippen LogP contribution in [0.15, 0.2) is 54.7 Å². The van der Waals surface area contributed by atoms with Crippen LogP contribution < -0.4 is 10.5 Å². The summed E-state index contributed by atoms with van der Waals surface area (Å²) in [5.74, 6) is 0.211. The van der Waals surface area contributed by atoms with E-state index < -0.39 is 5.82 Å². The molecule has 1 unspecified atom stereocenters. The highest BCUT2D eigenvalue weighted by Gasteiger charge is 2.14. The van der Waals surface area contributed by atoms with Gasteiger partial charge >= 0.3 is 0 Å². The molecule has 1 atom stereocenters. The number of fused-ring (bicyclic) bond motifs is 1. The van der Waals surface area contributed by atoms with Gasteiger partial charge in [-0.2, -0.15) is 0 Å². The Morgan fingerprint density at radius 2 is 1.95 bits per heavy atom. The van der Waals surface area contributed by atoms with Crippen molar-refractivity contribution >= 4 is 10.9 Å². The number of aromatic nitrogens is 1. The third-order valence-corrected chi connectivity index (χ3v) is 3.27. The summed E-state index contributed by atoms with van der Waals surface area (Å²) in [5, 5.41) is 0.939. The molecule has 3 nitrogen and oxygen atoms in total. The average Bonchev–Trinajstić information content (AvgIpc) is 2.49. The van der Waals surface area contributed by atoms with E-state index >= 15 is 0 Å². The van der Waals surface area contributed by atoms with Gasteiger partial charge in [-0.25, -0.2) is 4.39 Å². The monoisotopic (exact) mass is 282 g/mol. The third kappa shape index (κ3) is 2.71. The fraction of sp³-hybridized carbons (Fsp3) is 0.118. The highest BCUT2D eigenvalue weighted by Crippen LogP contribution is 2.32. The molecule has 2 aromatic carbocycles. The van der Waals surface area contributed by atoms with Crippen molar-refractivity contribution in [3.05, 3.63) is 66.1 Å². The van der Waals surface area contributed by atoms with E-state index in [2.05, 4.69) is 4.98 Å². The van der Waals surface area contributed by atoms with Gasteiger partial charge < -0.3 is 10.5 Å². The number of hydrogen-bond acceptors (Lipinski definition) is 3. The molecule has 3 aromatic rings. The second-order valence-corrected chi connectivity index (χ2v) is 4.91. The topological polar surface area (TPSA) is 48.1 Å². The minimum atomic E-state index is -0.432. The van der Waals surface area contributed by atoms with Crippen molar-refractivity contribution in [3.8, 4) is 11.5 Å². The molecule has 0 saturated carbocycles. The van der Waals surface area contributed by atoms with Gasteiger partial charge in [-0.3, -0.25) is 4.98 Å². The SMILES string of the molecule is CC(N)c1cccc(F)c1Oc1cnc2ccccc2c1. The first-order valence-electron chi connectivity index (χ1n) is 6.72. The fourth-order valence-electron chi connectivity index (χ4n) is 2.22. The maximum Gasteiger partial charge on any atom is 0.167 e. The largest absolute Gasteiger partial charge is 0.452 e. The van der Waals surface area contributed by atoms with Gasteiger partial charge in [-0.1, -0.05) is 30.3 Å². The molecule has 0 bridgehead atoms. The number of nitrogens with zero attached hydrogens (tertiary/aromatic N) is 1. The molecule has 0 spiro atoms. The number of para-hydroxylation sites is 2. The predicted molar refractivity (Wildman–Crippen MR) is 80.8 cm³/mol. The summed E-state index contributed by atoms with van der Waals surface area (Å²) in [6.45, 7) is 1.79. The molecular formula is C17H15FN2O. The Hall–Kier alpha value is -2.46. The summed E-state index contributed by atoms with van der Waals surface area (Å²) in [7, 11) is 0. The summed E-state index contributed by atoms with van der Waals surface area (Å²) < 4.78 is 19.7. The molecule has 0 aliphatic carbocycles. The Morgan fingerprint density at radius 3 is 2.76 bits per heavy atom. The zero-order chi connectivity index (χ0) is 14.8.